The average molecular weight is 370 g/mol. The molecular weight excluding hydrogens is 338 g/mol. The third-order valence-corrected chi connectivity index (χ3v) is 4.27. The summed E-state index contributed by atoms with van der Waals surface area (Å²) >= 11 is 0. The maximum absolute atomic E-state index is 12.2. The zero-order chi connectivity index (χ0) is 20.0. The Morgan fingerprint density at radius 2 is 1.59 bits per heavy atom. The number of carbonyl (C=O) groups excluding carboxylic acids is 1. The van der Waals surface area contributed by atoms with Gasteiger partial charge in [0.25, 0.3) is 5.91 Å². The van der Waals surface area contributed by atoms with E-state index in [0.29, 0.717) is 18.9 Å². The molecule has 0 bridgehead atoms. The number of hydrogen-bond donors (Lipinski definition) is 1. The number of aryl methyl sites for hydroxylation is 2. The fourth-order valence-electron chi connectivity index (χ4n) is 2.80. The molecule has 4 heteroatoms. The summed E-state index contributed by atoms with van der Waals surface area (Å²) in [6.07, 6.45) is -0.558. The van der Waals surface area contributed by atoms with E-state index in [0.717, 1.165) is 16.9 Å². The molecule has 0 saturated heterocycles. The Balaban J connectivity index is 1.75. The molecule has 27 heavy (non-hydrogen) atoms. The molecule has 146 valence electrons. The van der Waals surface area contributed by atoms with Crippen molar-refractivity contribution in [2.75, 3.05) is 13.2 Å². The fraction of sp³-hybridized carbons (Fsp3) is 0.435. The quantitative estimate of drug-likeness (QED) is 0.728. The summed E-state index contributed by atoms with van der Waals surface area (Å²) < 4.78 is 11.4. The van der Waals surface area contributed by atoms with Gasteiger partial charge in [-0.3, -0.25) is 4.79 Å². The number of nitrogens with one attached hydrogen (secondary N) is 1. The van der Waals surface area contributed by atoms with Crippen LogP contribution in [0, 0.1) is 13.8 Å². The van der Waals surface area contributed by atoms with Crippen LogP contribution in [0.2, 0.25) is 0 Å². The molecule has 2 aromatic carbocycles. The van der Waals surface area contributed by atoms with Crippen LogP contribution in [-0.4, -0.2) is 25.2 Å². The monoisotopic (exact) mass is 369 g/mol. The second-order valence-electron chi connectivity index (χ2n) is 8.00. The number of amides is 1. The molecule has 1 N–H and O–H groups in total. The van der Waals surface area contributed by atoms with Gasteiger partial charge < -0.3 is 14.8 Å². The lowest BCUT2D eigenvalue weighted by Gasteiger charge is -2.19. The van der Waals surface area contributed by atoms with Crippen molar-refractivity contribution in [3.05, 3.63) is 59.2 Å². The van der Waals surface area contributed by atoms with Crippen LogP contribution in [0.3, 0.4) is 0 Å². The molecule has 0 aliphatic rings. The van der Waals surface area contributed by atoms with E-state index in [1.165, 1.54) is 5.56 Å². The van der Waals surface area contributed by atoms with Gasteiger partial charge in [0.05, 0.1) is 6.54 Å². The molecule has 1 atom stereocenters. The van der Waals surface area contributed by atoms with Crippen molar-refractivity contribution in [3.63, 3.8) is 0 Å². The van der Waals surface area contributed by atoms with E-state index in [-0.39, 0.29) is 11.3 Å². The predicted molar refractivity (Wildman–Crippen MR) is 110 cm³/mol. The fourth-order valence-corrected chi connectivity index (χ4v) is 2.80. The number of carbonyl (C=O) groups is 1. The summed E-state index contributed by atoms with van der Waals surface area (Å²) in [6.45, 7) is 13.2. The van der Waals surface area contributed by atoms with Crippen molar-refractivity contribution >= 4 is 5.91 Å². The van der Waals surface area contributed by atoms with Crippen LogP contribution in [0.25, 0.3) is 0 Å². The lowest BCUT2D eigenvalue weighted by molar-refractivity contribution is -0.127. The van der Waals surface area contributed by atoms with E-state index in [9.17, 15) is 4.79 Å². The molecule has 4 nitrogen and oxygen atoms in total. The molecule has 0 radical (unpaired) electrons. The number of benzene rings is 2. The molecule has 0 aliphatic heterocycles. The second-order valence-corrected chi connectivity index (χ2v) is 8.00. The highest BCUT2D eigenvalue weighted by molar-refractivity contribution is 5.80. The Hall–Kier alpha value is -2.49. The van der Waals surface area contributed by atoms with Crippen molar-refractivity contribution in [1.29, 1.82) is 0 Å². The largest absolute Gasteiger partial charge is 0.492 e. The third kappa shape index (κ3) is 6.63. The molecule has 0 aliphatic carbocycles. The molecule has 0 unspecified atom stereocenters. The van der Waals surface area contributed by atoms with Crippen molar-refractivity contribution in [2.45, 2.75) is 53.1 Å². The summed E-state index contributed by atoms with van der Waals surface area (Å²) in [4.78, 5) is 12.2. The van der Waals surface area contributed by atoms with Crippen LogP contribution in [0.1, 0.15) is 44.4 Å². The minimum Gasteiger partial charge on any atom is -0.492 e. The van der Waals surface area contributed by atoms with Gasteiger partial charge in [-0.25, -0.2) is 0 Å². The van der Waals surface area contributed by atoms with Gasteiger partial charge in [0, 0.05) is 0 Å². The van der Waals surface area contributed by atoms with Crippen molar-refractivity contribution in [1.82, 2.24) is 5.32 Å². The number of rotatable bonds is 7. The summed E-state index contributed by atoms with van der Waals surface area (Å²) in [5.41, 5.74) is 3.62. The first-order valence-electron chi connectivity index (χ1n) is 9.41. The molecule has 0 heterocycles. The number of ether oxygens (including phenoxy) is 2. The van der Waals surface area contributed by atoms with E-state index in [4.69, 9.17) is 9.47 Å². The summed E-state index contributed by atoms with van der Waals surface area (Å²) in [5, 5.41) is 2.85. The van der Waals surface area contributed by atoms with Crippen molar-refractivity contribution in [2.24, 2.45) is 0 Å². The maximum Gasteiger partial charge on any atom is 0.260 e. The Morgan fingerprint density at radius 3 is 2.15 bits per heavy atom. The SMILES string of the molecule is Cc1cc(C)cc(O[C@H](C)C(=O)NCCOc2ccc(C(C)(C)C)cc2)c1. The van der Waals surface area contributed by atoms with Crippen molar-refractivity contribution < 1.29 is 14.3 Å². The Labute approximate surface area is 162 Å². The van der Waals surface area contributed by atoms with Gasteiger partial charge in [0.15, 0.2) is 6.10 Å². The molecular formula is C23H31NO3. The molecule has 0 aromatic heterocycles. The van der Waals surface area contributed by atoms with Crippen LogP contribution in [0.4, 0.5) is 0 Å². The van der Waals surface area contributed by atoms with E-state index in [1.807, 2.05) is 38.1 Å². The van der Waals surface area contributed by atoms with Gasteiger partial charge in [-0.1, -0.05) is 39.0 Å². The Morgan fingerprint density at radius 1 is 1.00 bits per heavy atom. The first-order chi connectivity index (χ1) is 12.6. The first-order valence-corrected chi connectivity index (χ1v) is 9.41. The smallest absolute Gasteiger partial charge is 0.260 e. The second kappa shape index (κ2) is 8.94. The molecule has 0 spiro atoms. The highest BCUT2D eigenvalue weighted by atomic mass is 16.5. The lowest BCUT2D eigenvalue weighted by Crippen LogP contribution is -2.38. The zero-order valence-electron chi connectivity index (χ0n) is 17.3. The highest BCUT2D eigenvalue weighted by Crippen LogP contribution is 2.24. The highest BCUT2D eigenvalue weighted by Gasteiger charge is 2.15. The molecule has 2 aromatic rings. The van der Waals surface area contributed by atoms with Gasteiger partial charge >= 0.3 is 0 Å². The van der Waals surface area contributed by atoms with Gasteiger partial charge in [0.2, 0.25) is 0 Å². The minimum atomic E-state index is -0.558. The maximum atomic E-state index is 12.2. The first kappa shape index (κ1) is 20.8. The third-order valence-electron chi connectivity index (χ3n) is 4.27. The minimum absolute atomic E-state index is 0.123. The molecule has 0 saturated carbocycles. The lowest BCUT2D eigenvalue weighted by atomic mass is 9.87. The average Bonchev–Trinajstić information content (AvgIpc) is 2.57. The van der Waals surface area contributed by atoms with E-state index in [1.54, 1.807) is 6.92 Å². The molecule has 2 rings (SSSR count). The van der Waals surface area contributed by atoms with Crippen LogP contribution in [0.15, 0.2) is 42.5 Å². The number of hydrogen-bond acceptors (Lipinski definition) is 3. The van der Waals surface area contributed by atoms with Gasteiger partial charge in [-0.15, -0.1) is 0 Å². The van der Waals surface area contributed by atoms with Gasteiger partial charge in [0.1, 0.15) is 18.1 Å². The summed E-state index contributed by atoms with van der Waals surface area (Å²) in [7, 11) is 0. The standard InChI is InChI=1S/C23H31NO3/c1-16-13-17(2)15-21(14-16)27-18(3)22(25)24-11-12-26-20-9-7-19(8-10-20)23(4,5)6/h7-10,13-15,18H,11-12H2,1-6H3,(H,24,25)/t18-/m1/s1. The van der Waals surface area contributed by atoms with Crippen LogP contribution < -0.4 is 14.8 Å². The molecule has 1 amide bonds. The van der Waals surface area contributed by atoms with E-state index < -0.39 is 6.10 Å². The van der Waals surface area contributed by atoms with E-state index in [2.05, 4.69) is 44.3 Å². The Kier molecular flexibility index (Phi) is 6.89. The summed E-state index contributed by atoms with van der Waals surface area (Å²) in [5.74, 6) is 1.36. The van der Waals surface area contributed by atoms with E-state index >= 15 is 0 Å². The topological polar surface area (TPSA) is 47.6 Å². The Bertz CT molecular complexity index is 740. The van der Waals surface area contributed by atoms with Crippen LogP contribution in [0.5, 0.6) is 11.5 Å². The predicted octanol–water partition coefficient (Wildman–Crippen LogP) is 4.56. The molecule has 0 fully saturated rings. The van der Waals surface area contributed by atoms with Gasteiger partial charge in [-0.2, -0.15) is 0 Å². The van der Waals surface area contributed by atoms with Crippen molar-refractivity contribution in [3.8, 4) is 11.5 Å². The van der Waals surface area contributed by atoms with Crippen LogP contribution >= 0.6 is 0 Å². The van der Waals surface area contributed by atoms with Crippen LogP contribution in [-0.2, 0) is 10.2 Å². The summed E-state index contributed by atoms with van der Waals surface area (Å²) in [6, 6.07) is 14.0. The normalized spacial score (nSPS) is 12.4. The zero-order valence-corrected chi connectivity index (χ0v) is 17.3. The van der Waals surface area contributed by atoms with Gasteiger partial charge in [-0.05, 0) is 67.1 Å².